The molecule has 18 heavy (non-hydrogen) atoms. The molecule has 1 heterocycles. The Balaban J connectivity index is 2.61. The topological polar surface area (TPSA) is 35.0 Å². The molecule has 0 unspecified atom stereocenters. The van der Waals surface area contributed by atoms with Gasteiger partial charge in [0.2, 0.25) is 0 Å². The fraction of sp³-hybridized carbons (Fsp3) is 0.286. The molecule has 0 aliphatic heterocycles. The minimum absolute atomic E-state index is 0.503. The van der Waals surface area contributed by atoms with Gasteiger partial charge in [-0.3, -0.25) is 0 Å². The van der Waals surface area contributed by atoms with E-state index in [2.05, 4.69) is 16.9 Å². The Morgan fingerprint density at radius 2 is 1.94 bits per heavy atom. The second-order valence-electron chi connectivity index (χ2n) is 3.96. The summed E-state index contributed by atoms with van der Waals surface area (Å²) in [7, 11) is 1.63. The van der Waals surface area contributed by atoms with Crippen LogP contribution < -0.4 is 4.74 Å². The highest BCUT2D eigenvalue weighted by Crippen LogP contribution is 2.29. The van der Waals surface area contributed by atoms with Gasteiger partial charge in [0.1, 0.15) is 10.9 Å². The van der Waals surface area contributed by atoms with E-state index in [-0.39, 0.29) is 0 Å². The van der Waals surface area contributed by atoms with Crippen LogP contribution in [0.2, 0.25) is 5.15 Å². The van der Waals surface area contributed by atoms with Gasteiger partial charge in [-0.2, -0.15) is 0 Å². The number of methoxy groups -OCH3 is 1. The number of ether oxygens (including phenoxy) is 1. The van der Waals surface area contributed by atoms with Crippen molar-refractivity contribution in [1.29, 1.82) is 0 Å². The molecule has 1 aromatic heterocycles. The lowest BCUT2D eigenvalue weighted by Gasteiger charge is -2.10. The zero-order chi connectivity index (χ0) is 13.1. The van der Waals surface area contributed by atoms with Gasteiger partial charge in [-0.25, -0.2) is 9.97 Å². The Morgan fingerprint density at radius 3 is 2.61 bits per heavy atom. The molecule has 0 bridgehead atoms. The van der Waals surface area contributed by atoms with Crippen molar-refractivity contribution in [3.05, 3.63) is 40.7 Å². The van der Waals surface area contributed by atoms with Crippen molar-refractivity contribution in [3.63, 3.8) is 0 Å². The van der Waals surface area contributed by atoms with Crippen LogP contribution in [0, 0.1) is 6.92 Å². The number of hydrogen-bond donors (Lipinski definition) is 0. The maximum absolute atomic E-state index is 6.15. The van der Waals surface area contributed by atoms with Gasteiger partial charge in [0.15, 0.2) is 5.82 Å². The summed E-state index contributed by atoms with van der Waals surface area (Å²) in [6.45, 7) is 3.99. The summed E-state index contributed by atoms with van der Waals surface area (Å²) in [5, 5.41) is 0.503. The average molecular weight is 263 g/mol. The molecule has 4 heteroatoms. The van der Waals surface area contributed by atoms with Gasteiger partial charge < -0.3 is 4.74 Å². The Labute approximate surface area is 112 Å². The SMILES string of the molecule is CCc1nc(-c2ccccc2OC)nc(Cl)c1C. The lowest BCUT2D eigenvalue weighted by molar-refractivity contribution is 0.416. The van der Waals surface area contributed by atoms with Crippen LogP contribution in [0.25, 0.3) is 11.4 Å². The molecule has 2 aromatic rings. The zero-order valence-electron chi connectivity index (χ0n) is 10.7. The van der Waals surface area contributed by atoms with E-state index in [0.717, 1.165) is 29.0 Å². The van der Waals surface area contributed by atoms with E-state index in [1.807, 2.05) is 31.2 Å². The van der Waals surface area contributed by atoms with E-state index in [4.69, 9.17) is 16.3 Å². The average Bonchev–Trinajstić information content (AvgIpc) is 2.41. The molecular formula is C14H15ClN2O. The fourth-order valence-electron chi connectivity index (χ4n) is 1.83. The van der Waals surface area contributed by atoms with E-state index in [1.54, 1.807) is 7.11 Å². The van der Waals surface area contributed by atoms with Crippen LogP contribution in [0.4, 0.5) is 0 Å². The second kappa shape index (κ2) is 5.36. The molecule has 0 atom stereocenters. The monoisotopic (exact) mass is 262 g/mol. The number of halogens is 1. The van der Waals surface area contributed by atoms with Crippen LogP contribution in [0.3, 0.4) is 0 Å². The standard InChI is InChI=1S/C14H15ClN2O/c1-4-11-9(2)13(15)17-14(16-11)10-7-5-6-8-12(10)18-3/h5-8H,4H2,1-3H3. The maximum Gasteiger partial charge on any atom is 0.164 e. The number of benzene rings is 1. The molecule has 0 radical (unpaired) electrons. The highest BCUT2D eigenvalue weighted by molar-refractivity contribution is 6.30. The van der Waals surface area contributed by atoms with Crippen LogP contribution in [0.5, 0.6) is 5.75 Å². The van der Waals surface area contributed by atoms with Gasteiger partial charge in [-0.1, -0.05) is 30.7 Å². The molecule has 0 aliphatic carbocycles. The van der Waals surface area contributed by atoms with Gasteiger partial charge in [0, 0.05) is 11.3 Å². The van der Waals surface area contributed by atoms with Crippen molar-refractivity contribution in [3.8, 4) is 17.1 Å². The Kier molecular flexibility index (Phi) is 3.82. The lowest BCUT2D eigenvalue weighted by atomic mass is 10.1. The molecule has 94 valence electrons. The van der Waals surface area contributed by atoms with E-state index in [0.29, 0.717) is 11.0 Å². The summed E-state index contributed by atoms with van der Waals surface area (Å²) < 4.78 is 5.32. The first-order valence-corrected chi connectivity index (χ1v) is 6.21. The zero-order valence-corrected chi connectivity index (χ0v) is 11.5. The number of nitrogens with zero attached hydrogens (tertiary/aromatic N) is 2. The molecule has 0 aliphatic rings. The predicted molar refractivity (Wildman–Crippen MR) is 73.1 cm³/mol. The molecule has 2 rings (SSSR count). The summed E-state index contributed by atoms with van der Waals surface area (Å²) >= 11 is 6.15. The van der Waals surface area contributed by atoms with Crippen molar-refractivity contribution in [1.82, 2.24) is 9.97 Å². The van der Waals surface area contributed by atoms with Crippen LogP contribution in [0.1, 0.15) is 18.2 Å². The number of rotatable bonds is 3. The van der Waals surface area contributed by atoms with Gasteiger partial charge in [0.25, 0.3) is 0 Å². The van der Waals surface area contributed by atoms with Gasteiger partial charge in [0.05, 0.1) is 12.7 Å². The van der Waals surface area contributed by atoms with E-state index in [1.165, 1.54) is 0 Å². The second-order valence-corrected chi connectivity index (χ2v) is 4.32. The summed E-state index contributed by atoms with van der Waals surface area (Å²) in [4.78, 5) is 8.89. The fourth-order valence-corrected chi connectivity index (χ4v) is 2.02. The largest absolute Gasteiger partial charge is 0.496 e. The van der Waals surface area contributed by atoms with Crippen molar-refractivity contribution in [2.45, 2.75) is 20.3 Å². The third-order valence-electron chi connectivity index (χ3n) is 2.87. The first-order valence-electron chi connectivity index (χ1n) is 5.83. The van der Waals surface area contributed by atoms with Crippen molar-refractivity contribution in [2.24, 2.45) is 0 Å². The molecule has 0 amide bonds. The highest BCUT2D eigenvalue weighted by atomic mass is 35.5. The smallest absolute Gasteiger partial charge is 0.164 e. The summed E-state index contributed by atoms with van der Waals surface area (Å²) in [5.74, 6) is 1.36. The maximum atomic E-state index is 6.15. The number of aryl methyl sites for hydroxylation is 1. The van der Waals surface area contributed by atoms with Gasteiger partial charge in [-0.15, -0.1) is 0 Å². The molecule has 0 N–H and O–H groups in total. The summed E-state index contributed by atoms with van der Waals surface area (Å²) in [6.07, 6.45) is 0.830. The molecule has 1 aromatic carbocycles. The van der Waals surface area contributed by atoms with Gasteiger partial charge >= 0.3 is 0 Å². The predicted octanol–water partition coefficient (Wildman–Crippen LogP) is 3.68. The lowest BCUT2D eigenvalue weighted by Crippen LogP contribution is -2.00. The number of hydrogen-bond acceptors (Lipinski definition) is 3. The van der Waals surface area contributed by atoms with Crippen molar-refractivity contribution < 1.29 is 4.74 Å². The van der Waals surface area contributed by atoms with Crippen LogP contribution in [0.15, 0.2) is 24.3 Å². The molecular weight excluding hydrogens is 248 g/mol. The van der Waals surface area contributed by atoms with Crippen molar-refractivity contribution in [2.75, 3.05) is 7.11 Å². The molecule has 3 nitrogen and oxygen atoms in total. The minimum Gasteiger partial charge on any atom is -0.496 e. The Morgan fingerprint density at radius 1 is 1.22 bits per heavy atom. The number of aromatic nitrogens is 2. The van der Waals surface area contributed by atoms with E-state index in [9.17, 15) is 0 Å². The summed E-state index contributed by atoms with van der Waals surface area (Å²) in [5.41, 5.74) is 2.77. The Hall–Kier alpha value is -1.61. The van der Waals surface area contributed by atoms with E-state index >= 15 is 0 Å². The highest BCUT2D eigenvalue weighted by Gasteiger charge is 2.12. The van der Waals surface area contributed by atoms with E-state index < -0.39 is 0 Å². The molecule has 0 fully saturated rings. The van der Waals surface area contributed by atoms with Crippen LogP contribution in [-0.2, 0) is 6.42 Å². The molecule has 0 saturated heterocycles. The number of para-hydroxylation sites is 1. The third kappa shape index (κ3) is 2.31. The summed E-state index contributed by atoms with van der Waals surface area (Å²) in [6, 6.07) is 7.66. The normalized spacial score (nSPS) is 10.4. The van der Waals surface area contributed by atoms with Crippen molar-refractivity contribution >= 4 is 11.6 Å². The molecule has 0 spiro atoms. The third-order valence-corrected chi connectivity index (χ3v) is 3.24. The first kappa shape index (κ1) is 12.8. The quantitative estimate of drug-likeness (QED) is 0.792. The van der Waals surface area contributed by atoms with Gasteiger partial charge in [-0.05, 0) is 25.5 Å². The first-order chi connectivity index (χ1) is 8.67. The molecule has 0 saturated carbocycles. The van der Waals surface area contributed by atoms with Crippen LogP contribution >= 0.6 is 11.6 Å². The minimum atomic E-state index is 0.503. The van der Waals surface area contributed by atoms with Crippen LogP contribution in [-0.4, -0.2) is 17.1 Å². The Bertz CT molecular complexity index is 570.